The molecule has 0 spiro atoms. The molecule has 0 amide bonds. The first-order valence-corrected chi connectivity index (χ1v) is 28.6. The molecule has 0 aromatic heterocycles. The Bertz CT molecular complexity index is 1150. The van der Waals surface area contributed by atoms with Gasteiger partial charge in [0.05, 0.1) is 0 Å². The van der Waals surface area contributed by atoms with E-state index in [4.69, 9.17) is 14.2 Å². The molecule has 66 heavy (non-hydrogen) atoms. The van der Waals surface area contributed by atoms with E-state index in [9.17, 15) is 14.4 Å². The van der Waals surface area contributed by atoms with Crippen LogP contribution in [0.15, 0.2) is 48.6 Å². The minimum absolute atomic E-state index is 0.0750. The van der Waals surface area contributed by atoms with Gasteiger partial charge in [-0.05, 0) is 57.8 Å². The number of carbonyl (C=O) groups excluding carboxylic acids is 3. The minimum atomic E-state index is -0.776. The third-order valence-electron chi connectivity index (χ3n) is 12.6. The van der Waals surface area contributed by atoms with E-state index in [1.807, 2.05) is 0 Å². The lowest BCUT2D eigenvalue weighted by molar-refractivity contribution is -0.167. The molecule has 0 rings (SSSR count). The molecule has 0 saturated heterocycles. The lowest BCUT2D eigenvalue weighted by Gasteiger charge is -2.18. The summed E-state index contributed by atoms with van der Waals surface area (Å²) in [5.74, 6) is -0.877. The third-order valence-corrected chi connectivity index (χ3v) is 12.6. The topological polar surface area (TPSA) is 78.9 Å². The zero-order chi connectivity index (χ0) is 47.9. The second-order valence-corrected chi connectivity index (χ2v) is 19.2. The summed E-state index contributed by atoms with van der Waals surface area (Å²) in [5.41, 5.74) is 0. The molecule has 6 heteroatoms. The van der Waals surface area contributed by atoms with Crippen LogP contribution in [-0.2, 0) is 28.6 Å². The van der Waals surface area contributed by atoms with E-state index in [1.54, 1.807) is 0 Å². The van der Waals surface area contributed by atoms with E-state index in [1.165, 1.54) is 161 Å². The predicted molar refractivity (Wildman–Crippen MR) is 284 cm³/mol. The molecule has 0 bridgehead atoms. The highest BCUT2D eigenvalue weighted by Gasteiger charge is 2.19. The average Bonchev–Trinajstić information content (AvgIpc) is 3.31. The number of hydrogen-bond acceptors (Lipinski definition) is 6. The third kappa shape index (κ3) is 52.3. The Kier molecular flexibility index (Phi) is 52.8. The Balaban J connectivity index is 4.26. The second kappa shape index (κ2) is 55.0. The number of rotatable bonds is 52. The van der Waals surface area contributed by atoms with Gasteiger partial charge >= 0.3 is 17.9 Å². The Hall–Kier alpha value is -2.63. The highest BCUT2D eigenvalue weighted by Crippen LogP contribution is 2.17. The highest BCUT2D eigenvalue weighted by molar-refractivity contribution is 5.71. The smallest absolute Gasteiger partial charge is 0.306 e. The number of unbranched alkanes of at least 4 members (excludes halogenated alkanes) is 33. The van der Waals surface area contributed by atoms with Crippen LogP contribution in [0.5, 0.6) is 0 Å². The maximum Gasteiger partial charge on any atom is 0.306 e. The van der Waals surface area contributed by atoms with Crippen LogP contribution in [0.3, 0.4) is 0 Å². The van der Waals surface area contributed by atoms with Gasteiger partial charge in [0, 0.05) is 19.3 Å². The first-order chi connectivity index (χ1) is 32.5. The van der Waals surface area contributed by atoms with Gasteiger partial charge in [-0.2, -0.15) is 0 Å². The van der Waals surface area contributed by atoms with Gasteiger partial charge < -0.3 is 14.2 Å². The van der Waals surface area contributed by atoms with Gasteiger partial charge in [-0.3, -0.25) is 14.4 Å². The van der Waals surface area contributed by atoms with Crippen molar-refractivity contribution in [3.05, 3.63) is 48.6 Å². The van der Waals surface area contributed by atoms with Gasteiger partial charge in [0.1, 0.15) is 13.2 Å². The summed E-state index contributed by atoms with van der Waals surface area (Å²) in [6.07, 6.45) is 66.8. The van der Waals surface area contributed by atoms with Crippen LogP contribution >= 0.6 is 0 Å². The van der Waals surface area contributed by atoms with Crippen molar-refractivity contribution in [1.29, 1.82) is 0 Å². The van der Waals surface area contributed by atoms with Crippen molar-refractivity contribution < 1.29 is 28.6 Å². The van der Waals surface area contributed by atoms with Crippen molar-refractivity contribution in [2.75, 3.05) is 13.2 Å². The lowest BCUT2D eigenvalue weighted by atomic mass is 10.0. The number of hydrogen-bond donors (Lipinski definition) is 0. The standard InChI is InChI=1S/C60H108O6/c1-4-7-10-13-16-19-21-23-25-27-29-31-32-34-36-38-41-44-47-50-53-59(62)65-56-57(55-64-58(61)52-49-46-43-40-18-15-12-9-6-3)66-60(63)54-51-48-45-42-39-37-35-33-30-28-26-24-22-20-17-14-11-8-5-2/h8,11,17,20,24,26,30,33,57H,4-7,9-10,12-16,18-19,21-23,25,27-29,31-32,34-56H2,1-3H3/b11-8-,20-17-,26-24-,33-30-. The first kappa shape index (κ1) is 63.4. The fraction of sp³-hybridized carbons (Fsp3) is 0.817. The molecule has 0 radical (unpaired) electrons. The van der Waals surface area contributed by atoms with Crippen LogP contribution in [0.25, 0.3) is 0 Å². The van der Waals surface area contributed by atoms with Crippen LogP contribution in [0.1, 0.15) is 297 Å². The molecule has 0 aromatic rings. The summed E-state index contributed by atoms with van der Waals surface area (Å²) in [7, 11) is 0. The molecule has 384 valence electrons. The molecule has 1 atom stereocenters. The Morgan fingerprint density at radius 1 is 0.318 bits per heavy atom. The molecule has 6 nitrogen and oxygen atoms in total. The van der Waals surface area contributed by atoms with Crippen LogP contribution in [-0.4, -0.2) is 37.2 Å². The van der Waals surface area contributed by atoms with Crippen molar-refractivity contribution in [2.24, 2.45) is 0 Å². The molecule has 0 aliphatic rings. The molecule has 0 aliphatic heterocycles. The van der Waals surface area contributed by atoms with Crippen molar-refractivity contribution in [3.8, 4) is 0 Å². The molecule has 0 aliphatic carbocycles. The van der Waals surface area contributed by atoms with Crippen LogP contribution in [0.2, 0.25) is 0 Å². The van der Waals surface area contributed by atoms with Gasteiger partial charge in [0.15, 0.2) is 6.10 Å². The first-order valence-electron chi connectivity index (χ1n) is 28.6. The van der Waals surface area contributed by atoms with Crippen molar-refractivity contribution in [1.82, 2.24) is 0 Å². The normalized spacial score (nSPS) is 12.3. The van der Waals surface area contributed by atoms with Gasteiger partial charge in [0.2, 0.25) is 0 Å². The van der Waals surface area contributed by atoms with E-state index in [0.717, 1.165) is 96.3 Å². The van der Waals surface area contributed by atoms with E-state index in [0.29, 0.717) is 19.3 Å². The Morgan fingerprint density at radius 3 is 0.924 bits per heavy atom. The van der Waals surface area contributed by atoms with Crippen molar-refractivity contribution in [2.45, 2.75) is 303 Å². The van der Waals surface area contributed by atoms with E-state index >= 15 is 0 Å². The summed E-state index contributed by atoms with van der Waals surface area (Å²) < 4.78 is 16.8. The van der Waals surface area contributed by atoms with Crippen LogP contribution in [0.4, 0.5) is 0 Å². The molecule has 0 saturated carbocycles. The molecule has 1 unspecified atom stereocenters. The maximum absolute atomic E-state index is 12.8. The summed E-state index contributed by atoms with van der Waals surface area (Å²) in [4.78, 5) is 38.0. The molecule has 0 fully saturated rings. The summed E-state index contributed by atoms with van der Waals surface area (Å²) in [6, 6.07) is 0. The molecular weight excluding hydrogens is 817 g/mol. The van der Waals surface area contributed by atoms with E-state index in [-0.39, 0.29) is 31.1 Å². The van der Waals surface area contributed by atoms with Gasteiger partial charge in [-0.15, -0.1) is 0 Å². The SMILES string of the molecule is CC/C=C\C/C=C\C/C=C\C/C=C\CCCCCCCCC(=O)OC(COC(=O)CCCCCCCCCCC)COC(=O)CCCCCCCCCCCCCCCCCCCCCC. The number of ether oxygens (including phenoxy) is 3. The fourth-order valence-corrected chi connectivity index (χ4v) is 8.32. The van der Waals surface area contributed by atoms with Crippen molar-refractivity contribution >= 4 is 17.9 Å². The Morgan fingerprint density at radius 2 is 0.591 bits per heavy atom. The zero-order valence-electron chi connectivity index (χ0n) is 44.0. The number of esters is 3. The quantitative estimate of drug-likeness (QED) is 0.0262. The largest absolute Gasteiger partial charge is 0.462 e. The highest BCUT2D eigenvalue weighted by atomic mass is 16.6. The second-order valence-electron chi connectivity index (χ2n) is 19.2. The molecule has 0 heterocycles. The van der Waals surface area contributed by atoms with Gasteiger partial charge in [0.25, 0.3) is 0 Å². The van der Waals surface area contributed by atoms with Crippen LogP contribution < -0.4 is 0 Å². The lowest BCUT2D eigenvalue weighted by Crippen LogP contribution is -2.30. The minimum Gasteiger partial charge on any atom is -0.462 e. The summed E-state index contributed by atoms with van der Waals surface area (Å²) >= 11 is 0. The zero-order valence-corrected chi connectivity index (χ0v) is 44.0. The number of carbonyl (C=O) groups is 3. The van der Waals surface area contributed by atoms with Gasteiger partial charge in [-0.25, -0.2) is 0 Å². The maximum atomic E-state index is 12.8. The summed E-state index contributed by atoms with van der Waals surface area (Å²) in [5, 5.41) is 0. The number of allylic oxidation sites excluding steroid dienone is 8. The van der Waals surface area contributed by atoms with Crippen molar-refractivity contribution in [3.63, 3.8) is 0 Å². The van der Waals surface area contributed by atoms with Crippen LogP contribution in [0, 0.1) is 0 Å². The monoisotopic (exact) mass is 925 g/mol. The fourth-order valence-electron chi connectivity index (χ4n) is 8.32. The molecule has 0 N–H and O–H groups in total. The predicted octanol–water partition coefficient (Wildman–Crippen LogP) is 19.0. The molecule has 0 aromatic carbocycles. The Labute approximate surface area is 409 Å². The van der Waals surface area contributed by atoms with E-state index < -0.39 is 6.10 Å². The summed E-state index contributed by atoms with van der Waals surface area (Å²) in [6.45, 7) is 6.53. The molecular formula is C60H108O6. The van der Waals surface area contributed by atoms with Gasteiger partial charge in [-0.1, -0.05) is 268 Å². The van der Waals surface area contributed by atoms with E-state index in [2.05, 4.69) is 69.4 Å². The average molecular weight is 926 g/mol.